The minimum Gasteiger partial charge on any atom is -0.512 e. The first-order chi connectivity index (χ1) is 9.15. The summed E-state index contributed by atoms with van der Waals surface area (Å²) in [6.07, 6.45) is 0. The van der Waals surface area contributed by atoms with Crippen molar-refractivity contribution in [2.24, 2.45) is 0 Å². The smallest absolute Gasteiger partial charge is 0.341 e. The molecule has 1 fully saturated rings. The van der Waals surface area contributed by atoms with Crippen LogP contribution in [0.3, 0.4) is 0 Å². The number of amides is 1. The Morgan fingerprint density at radius 2 is 2.37 bits per heavy atom. The first-order valence-electron chi connectivity index (χ1n) is 5.68. The van der Waals surface area contributed by atoms with E-state index < -0.39 is 0 Å². The number of carbonyl (C=O) groups is 2. The molecule has 2 atom stereocenters. The minimum absolute atomic E-state index is 0.0136. The van der Waals surface area contributed by atoms with Gasteiger partial charge < -0.3 is 9.41 Å². The number of β-lactam (4-membered cyclic amide) rings is 1. The van der Waals surface area contributed by atoms with Crippen LogP contribution in [0.2, 0.25) is 13.1 Å². The summed E-state index contributed by atoms with van der Waals surface area (Å²) in [5.41, 5.74) is 1.48. The predicted molar refractivity (Wildman–Crippen MR) is 85.3 cm³/mol. The van der Waals surface area contributed by atoms with Gasteiger partial charge >= 0.3 is 15.7 Å². The van der Waals surface area contributed by atoms with Crippen LogP contribution < -0.4 is 4.98 Å². The van der Waals surface area contributed by atoms with Crippen LogP contribution in [0.25, 0.3) is 0 Å². The molecular formula is C10H13IN2O3SSi2. The predicted octanol–water partition coefficient (Wildman–Crippen LogP) is 0.427. The average molecular weight is 424 g/mol. The SMILES string of the molecule is C[Si]N[C@@H]1C(=O)N2C(C(=O)O[Si]C)=C(CI)CS[C@H]12. The van der Waals surface area contributed by atoms with Crippen molar-refractivity contribution in [2.45, 2.75) is 24.5 Å². The molecule has 2 rings (SSSR count). The molecule has 0 spiro atoms. The van der Waals surface area contributed by atoms with Crippen molar-refractivity contribution in [2.75, 3.05) is 10.2 Å². The molecule has 0 aliphatic carbocycles. The summed E-state index contributed by atoms with van der Waals surface area (Å²) >= 11 is 3.94. The van der Waals surface area contributed by atoms with Crippen LogP contribution in [0.5, 0.6) is 0 Å². The lowest BCUT2D eigenvalue weighted by molar-refractivity contribution is -0.147. The summed E-state index contributed by atoms with van der Waals surface area (Å²) in [6, 6.07) is -0.157. The molecule has 1 N–H and O–H groups in total. The molecule has 0 aromatic heterocycles. The summed E-state index contributed by atoms with van der Waals surface area (Å²) in [4.78, 5) is 29.1. The Bertz CT molecular complexity index is 435. The molecule has 9 heteroatoms. The van der Waals surface area contributed by atoms with Gasteiger partial charge in [0.1, 0.15) is 26.8 Å². The number of fused-ring (bicyclic) bond motifs is 1. The molecular weight excluding hydrogens is 411 g/mol. The highest BCUT2D eigenvalue weighted by Crippen LogP contribution is 2.40. The van der Waals surface area contributed by atoms with Crippen molar-refractivity contribution in [3.05, 3.63) is 11.3 Å². The molecule has 2 aliphatic heterocycles. The number of carbonyl (C=O) groups excluding carboxylic acids is 2. The third kappa shape index (κ3) is 2.80. The fourth-order valence-electron chi connectivity index (χ4n) is 2.07. The van der Waals surface area contributed by atoms with Gasteiger partial charge in [-0.05, 0) is 12.1 Å². The van der Waals surface area contributed by atoms with E-state index in [9.17, 15) is 9.59 Å². The number of nitrogens with one attached hydrogen (secondary N) is 1. The third-order valence-corrected chi connectivity index (χ3v) is 6.15. The third-order valence-electron chi connectivity index (χ3n) is 2.90. The van der Waals surface area contributed by atoms with Gasteiger partial charge in [0, 0.05) is 10.2 Å². The normalized spacial score (nSPS) is 26.1. The van der Waals surface area contributed by atoms with Crippen LogP contribution >= 0.6 is 34.4 Å². The van der Waals surface area contributed by atoms with Crippen molar-refractivity contribution >= 4 is 65.7 Å². The van der Waals surface area contributed by atoms with E-state index in [1.165, 1.54) is 0 Å². The van der Waals surface area contributed by atoms with Gasteiger partial charge in [-0.15, -0.1) is 11.8 Å². The molecule has 5 nitrogen and oxygen atoms in total. The average Bonchev–Trinajstić information content (AvgIpc) is 2.43. The highest BCUT2D eigenvalue weighted by molar-refractivity contribution is 14.1. The number of hydrogen-bond acceptors (Lipinski definition) is 5. The van der Waals surface area contributed by atoms with Crippen molar-refractivity contribution in [3.8, 4) is 0 Å². The van der Waals surface area contributed by atoms with E-state index in [1.807, 2.05) is 6.55 Å². The van der Waals surface area contributed by atoms with Gasteiger partial charge in [0.05, 0.1) is 0 Å². The largest absolute Gasteiger partial charge is 0.512 e. The molecule has 0 aromatic carbocycles. The molecule has 2 aliphatic rings. The standard InChI is InChI=1S/C10H13IN2O3SSi2/c1-18-12-6-8(14)13-7(10(15)16-19-2)5(3-11)4-17-9(6)13/h6,9,12H,3-4H2,1-2H3/t6-,9-/m1/s1. The number of thioether (sulfide) groups is 1. The second kappa shape index (κ2) is 6.74. The van der Waals surface area contributed by atoms with Crippen LogP contribution in [0.15, 0.2) is 11.3 Å². The van der Waals surface area contributed by atoms with E-state index in [2.05, 4.69) is 27.6 Å². The maximum absolute atomic E-state index is 12.2. The Labute approximate surface area is 135 Å². The summed E-state index contributed by atoms with van der Waals surface area (Å²) in [6.45, 7) is 3.81. The van der Waals surface area contributed by atoms with Gasteiger partial charge in [0.2, 0.25) is 5.91 Å². The topological polar surface area (TPSA) is 58.6 Å². The number of halogens is 1. The number of hydrogen-bond donors (Lipinski definition) is 1. The lowest BCUT2D eigenvalue weighted by Gasteiger charge is -2.50. The maximum atomic E-state index is 12.2. The molecule has 102 valence electrons. The second-order valence-corrected chi connectivity index (χ2v) is 7.23. The van der Waals surface area contributed by atoms with Crippen molar-refractivity contribution in [1.29, 1.82) is 0 Å². The first-order valence-corrected chi connectivity index (χ1v) is 11.2. The molecule has 0 bridgehead atoms. The summed E-state index contributed by atoms with van der Waals surface area (Å²) in [5, 5.41) is 0.0365. The Balaban J connectivity index is 2.24. The second-order valence-electron chi connectivity index (χ2n) is 3.96. The number of nitrogens with zero attached hydrogens (tertiary/aromatic N) is 1. The fourth-order valence-corrected chi connectivity index (χ4v) is 5.41. The van der Waals surface area contributed by atoms with Gasteiger partial charge in [-0.25, -0.2) is 4.79 Å². The van der Waals surface area contributed by atoms with Gasteiger partial charge in [0.15, 0.2) is 0 Å². The zero-order valence-electron chi connectivity index (χ0n) is 10.5. The summed E-state index contributed by atoms with van der Waals surface area (Å²) in [5.74, 6) is 0.420. The first kappa shape index (κ1) is 15.5. The van der Waals surface area contributed by atoms with Crippen LogP contribution in [-0.2, 0) is 14.0 Å². The highest BCUT2D eigenvalue weighted by Gasteiger charge is 2.53. The Morgan fingerprint density at radius 1 is 1.63 bits per heavy atom. The van der Waals surface area contributed by atoms with Gasteiger partial charge in [-0.3, -0.25) is 9.69 Å². The van der Waals surface area contributed by atoms with Crippen molar-refractivity contribution < 1.29 is 14.0 Å². The number of rotatable bonds is 5. The van der Waals surface area contributed by atoms with Crippen LogP contribution in [0, 0.1) is 0 Å². The van der Waals surface area contributed by atoms with E-state index in [4.69, 9.17) is 4.43 Å². The zero-order chi connectivity index (χ0) is 14.0. The van der Waals surface area contributed by atoms with Crippen molar-refractivity contribution in [1.82, 2.24) is 9.88 Å². The van der Waals surface area contributed by atoms with E-state index >= 15 is 0 Å². The Morgan fingerprint density at radius 3 is 2.95 bits per heavy atom. The minimum atomic E-state index is -0.358. The maximum Gasteiger partial charge on any atom is 0.341 e. The fraction of sp³-hybridized carbons (Fsp3) is 0.600. The molecule has 0 unspecified atom stereocenters. The molecule has 1 saturated heterocycles. The van der Waals surface area contributed by atoms with Gasteiger partial charge in [-0.1, -0.05) is 29.1 Å². The molecule has 0 saturated carbocycles. The molecule has 19 heavy (non-hydrogen) atoms. The van der Waals surface area contributed by atoms with Crippen LogP contribution in [0.1, 0.15) is 0 Å². The Hall–Kier alpha value is 0.154. The van der Waals surface area contributed by atoms with E-state index in [-0.39, 0.29) is 33.1 Å². The molecule has 0 aromatic rings. The van der Waals surface area contributed by atoms with Crippen molar-refractivity contribution in [3.63, 3.8) is 0 Å². The summed E-state index contributed by atoms with van der Waals surface area (Å²) < 4.78 is 5.86. The van der Waals surface area contributed by atoms with E-state index in [0.29, 0.717) is 15.4 Å². The number of alkyl halides is 1. The molecule has 4 radical (unpaired) electrons. The van der Waals surface area contributed by atoms with Gasteiger partial charge in [0.25, 0.3) is 0 Å². The molecule has 1 amide bonds. The van der Waals surface area contributed by atoms with Crippen LogP contribution in [0.4, 0.5) is 0 Å². The summed E-state index contributed by atoms with van der Waals surface area (Å²) in [7, 11) is 0.625. The highest BCUT2D eigenvalue weighted by atomic mass is 127. The lowest BCUT2D eigenvalue weighted by Crippen LogP contribution is -2.70. The van der Waals surface area contributed by atoms with Gasteiger partial charge in [-0.2, -0.15) is 0 Å². The zero-order valence-corrected chi connectivity index (χ0v) is 15.5. The molecule has 2 heterocycles. The van der Waals surface area contributed by atoms with E-state index in [0.717, 1.165) is 15.8 Å². The monoisotopic (exact) mass is 424 g/mol. The van der Waals surface area contributed by atoms with Crippen LogP contribution in [-0.4, -0.2) is 57.8 Å². The van der Waals surface area contributed by atoms with E-state index in [1.54, 1.807) is 23.2 Å². The Kier molecular flexibility index (Phi) is 5.51. The quantitative estimate of drug-likeness (QED) is 0.300. The lowest BCUT2D eigenvalue weighted by atomic mass is 10.0.